The number of aliphatic imine (C=N–C) groups is 1. The van der Waals surface area contributed by atoms with Gasteiger partial charge in [0, 0.05) is 46.4 Å². The summed E-state index contributed by atoms with van der Waals surface area (Å²) >= 11 is 0. The van der Waals surface area contributed by atoms with E-state index in [1.165, 1.54) is 11.1 Å². The second-order valence-electron chi connectivity index (χ2n) is 7.78. The fourth-order valence-electron chi connectivity index (χ4n) is 3.25. The number of rotatable bonds is 10. The van der Waals surface area contributed by atoms with Crippen molar-refractivity contribution in [1.82, 2.24) is 15.5 Å². The molecule has 6 nitrogen and oxygen atoms in total. The lowest BCUT2D eigenvalue weighted by molar-refractivity contribution is 0.0170. The third-order valence-electron chi connectivity index (χ3n) is 4.84. The fraction of sp³-hybridized carbons (Fsp3) is 0.682. The number of guanidine groups is 1. The van der Waals surface area contributed by atoms with E-state index < -0.39 is 0 Å². The van der Waals surface area contributed by atoms with Crippen LogP contribution in [0.25, 0.3) is 0 Å². The molecule has 0 saturated carbocycles. The summed E-state index contributed by atoms with van der Waals surface area (Å²) in [6.45, 7) is 13.2. The third kappa shape index (κ3) is 8.17. The molecule has 1 saturated heterocycles. The molecule has 1 atom stereocenters. The Balaban J connectivity index is 1.83. The summed E-state index contributed by atoms with van der Waals surface area (Å²) in [6, 6.07) is 9.15. The summed E-state index contributed by atoms with van der Waals surface area (Å²) < 4.78 is 11.2. The molecule has 6 heteroatoms. The number of hydrogen-bond acceptors (Lipinski definition) is 4. The molecule has 1 heterocycles. The van der Waals surface area contributed by atoms with Crippen LogP contribution in [0.1, 0.15) is 37.4 Å². The highest BCUT2D eigenvalue weighted by molar-refractivity contribution is 5.79. The van der Waals surface area contributed by atoms with Gasteiger partial charge in [-0.3, -0.25) is 9.89 Å². The van der Waals surface area contributed by atoms with E-state index in [1.54, 1.807) is 0 Å². The van der Waals surface area contributed by atoms with Crippen LogP contribution in [-0.2, 0) is 9.47 Å². The second-order valence-corrected chi connectivity index (χ2v) is 7.78. The van der Waals surface area contributed by atoms with Gasteiger partial charge in [-0.1, -0.05) is 43.7 Å². The predicted octanol–water partition coefficient (Wildman–Crippen LogP) is 2.60. The molecule has 1 unspecified atom stereocenters. The molecule has 1 aliphatic heterocycles. The molecule has 0 radical (unpaired) electrons. The van der Waals surface area contributed by atoms with Crippen LogP contribution >= 0.6 is 0 Å². The number of nitrogens with one attached hydrogen (secondary N) is 2. The van der Waals surface area contributed by atoms with Crippen molar-refractivity contribution < 1.29 is 9.47 Å². The predicted molar refractivity (Wildman–Crippen MR) is 116 cm³/mol. The van der Waals surface area contributed by atoms with Crippen molar-refractivity contribution >= 4 is 5.96 Å². The summed E-state index contributed by atoms with van der Waals surface area (Å²) in [5, 5.41) is 6.90. The van der Waals surface area contributed by atoms with E-state index in [0.29, 0.717) is 12.0 Å². The summed E-state index contributed by atoms with van der Waals surface area (Å²) in [4.78, 5) is 6.86. The lowest BCUT2D eigenvalue weighted by Crippen LogP contribution is -2.46. The van der Waals surface area contributed by atoms with E-state index >= 15 is 0 Å². The van der Waals surface area contributed by atoms with Crippen molar-refractivity contribution in [2.24, 2.45) is 10.9 Å². The van der Waals surface area contributed by atoms with Gasteiger partial charge in [-0.2, -0.15) is 0 Å². The van der Waals surface area contributed by atoms with E-state index in [2.05, 4.69) is 65.6 Å². The number of aryl methyl sites for hydroxylation is 1. The third-order valence-corrected chi connectivity index (χ3v) is 4.84. The number of hydrogen-bond donors (Lipinski definition) is 2. The molecule has 2 N–H and O–H groups in total. The van der Waals surface area contributed by atoms with Crippen LogP contribution in [0.15, 0.2) is 29.3 Å². The quantitative estimate of drug-likeness (QED) is 0.365. The highest BCUT2D eigenvalue weighted by atomic mass is 16.5. The molecule has 2 rings (SSSR count). The second kappa shape index (κ2) is 12.8. The Labute approximate surface area is 170 Å². The molecule has 1 aromatic carbocycles. The number of nitrogens with zero attached hydrogens (tertiary/aromatic N) is 2. The molecule has 0 aromatic heterocycles. The van der Waals surface area contributed by atoms with Crippen LogP contribution in [0, 0.1) is 12.8 Å². The summed E-state index contributed by atoms with van der Waals surface area (Å²) in [7, 11) is 1.82. The molecule has 1 fully saturated rings. The summed E-state index contributed by atoms with van der Waals surface area (Å²) in [5.41, 5.74) is 2.62. The van der Waals surface area contributed by atoms with E-state index in [-0.39, 0.29) is 0 Å². The Morgan fingerprint density at radius 3 is 2.54 bits per heavy atom. The van der Waals surface area contributed by atoms with Gasteiger partial charge in [-0.25, -0.2) is 0 Å². The van der Waals surface area contributed by atoms with E-state index in [1.807, 2.05) is 7.05 Å². The van der Waals surface area contributed by atoms with Gasteiger partial charge in [0.25, 0.3) is 0 Å². The highest BCUT2D eigenvalue weighted by Crippen LogP contribution is 2.21. The largest absolute Gasteiger partial charge is 0.381 e. The molecule has 0 bridgehead atoms. The van der Waals surface area contributed by atoms with Gasteiger partial charge in [0.2, 0.25) is 0 Å². The van der Waals surface area contributed by atoms with E-state index in [9.17, 15) is 0 Å². The van der Waals surface area contributed by atoms with Gasteiger partial charge >= 0.3 is 0 Å². The SMILES string of the molecule is CN=C(NCCCOCC(C)C)NCC(c1ccc(C)cc1)N1CCOCC1. The minimum atomic E-state index is 0.303. The molecule has 1 aliphatic rings. The van der Waals surface area contributed by atoms with E-state index in [0.717, 1.165) is 65.0 Å². The Bertz CT molecular complexity index is 568. The minimum absolute atomic E-state index is 0.303. The molecule has 0 amide bonds. The first-order valence-corrected chi connectivity index (χ1v) is 10.5. The van der Waals surface area contributed by atoms with Crippen molar-refractivity contribution in [1.29, 1.82) is 0 Å². The first-order chi connectivity index (χ1) is 13.6. The van der Waals surface area contributed by atoms with Gasteiger partial charge in [0.1, 0.15) is 0 Å². The Kier molecular flexibility index (Phi) is 10.3. The molecule has 0 aliphatic carbocycles. The monoisotopic (exact) mass is 390 g/mol. The molecule has 1 aromatic rings. The van der Waals surface area contributed by atoms with Crippen LogP contribution in [0.5, 0.6) is 0 Å². The number of morpholine rings is 1. The first kappa shape index (κ1) is 22.7. The number of benzene rings is 1. The van der Waals surface area contributed by atoms with Crippen molar-refractivity contribution in [3.8, 4) is 0 Å². The van der Waals surface area contributed by atoms with Gasteiger partial charge in [0.05, 0.1) is 19.3 Å². The van der Waals surface area contributed by atoms with E-state index in [4.69, 9.17) is 9.47 Å². The van der Waals surface area contributed by atoms with Crippen molar-refractivity contribution in [2.75, 3.05) is 59.7 Å². The zero-order chi connectivity index (χ0) is 20.2. The molecule has 158 valence electrons. The van der Waals surface area contributed by atoms with Gasteiger partial charge in [-0.15, -0.1) is 0 Å². The normalized spacial score (nSPS) is 17.0. The van der Waals surface area contributed by atoms with Crippen LogP contribution < -0.4 is 10.6 Å². The minimum Gasteiger partial charge on any atom is -0.381 e. The molecular formula is C22H38N4O2. The van der Waals surface area contributed by atoms with Crippen LogP contribution in [-0.4, -0.2) is 70.5 Å². The summed E-state index contributed by atoms with van der Waals surface area (Å²) in [5.74, 6) is 1.43. The Hall–Kier alpha value is -1.63. The zero-order valence-electron chi connectivity index (χ0n) is 18.0. The smallest absolute Gasteiger partial charge is 0.191 e. The molecular weight excluding hydrogens is 352 g/mol. The lowest BCUT2D eigenvalue weighted by atomic mass is 10.0. The Morgan fingerprint density at radius 2 is 1.89 bits per heavy atom. The first-order valence-electron chi connectivity index (χ1n) is 10.5. The molecule has 0 spiro atoms. The topological polar surface area (TPSA) is 58.1 Å². The van der Waals surface area contributed by atoms with Crippen LogP contribution in [0.2, 0.25) is 0 Å². The zero-order valence-corrected chi connectivity index (χ0v) is 18.0. The van der Waals surface area contributed by atoms with Gasteiger partial charge < -0.3 is 20.1 Å². The summed E-state index contributed by atoms with van der Waals surface area (Å²) in [6.07, 6.45) is 0.971. The van der Waals surface area contributed by atoms with Gasteiger partial charge in [0.15, 0.2) is 5.96 Å². The van der Waals surface area contributed by atoms with Crippen LogP contribution in [0.4, 0.5) is 0 Å². The van der Waals surface area contributed by atoms with Crippen molar-refractivity contribution in [3.05, 3.63) is 35.4 Å². The Morgan fingerprint density at radius 1 is 1.18 bits per heavy atom. The average molecular weight is 391 g/mol. The standard InChI is InChI=1S/C22H38N4O2/c1-18(2)17-28-13-5-10-24-22(23-4)25-16-21(26-11-14-27-15-12-26)20-8-6-19(3)7-9-20/h6-9,18,21H,5,10-17H2,1-4H3,(H2,23,24,25). The van der Waals surface area contributed by atoms with Crippen LogP contribution in [0.3, 0.4) is 0 Å². The lowest BCUT2D eigenvalue weighted by Gasteiger charge is -2.35. The maximum atomic E-state index is 5.64. The number of ether oxygens (including phenoxy) is 2. The van der Waals surface area contributed by atoms with Crippen molar-refractivity contribution in [2.45, 2.75) is 33.2 Å². The van der Waals surface area contributed by atoms with Crippen molar-refractivity contribution in [3.63, 3.8) is 0 Å². The maximum absolute atomic E-state index is 5.64. The average Bonchev–Trinajstić information content (AvgIpc) is 2.71. The maximum Gasteiger partial charge on any atom is 0.191 e. The molecule has 28 heavy (non-hydrogen) atoms. The van der Waals surface area contributed by atoms with Gasteiger partial charge in [-0.05, 0) is 24.8 Å². The highest BCUT2D eigenvalue weighted by Gasteiger charge is 2.22. The fourth-order valence-corrected chi connectivity index (χ4v) is 3.25.